The van der Waals surface area contributed by atoms with Gasteiger partial charge in [-0.15, -0.1) is 0 Å². The molecule has 2 heterocycles. The van der Waals surface area contributed by atoms with Gasteiger partial charge in [0.15, 0.2) is 0 Å². The number of hydrogen-bond acceptors (Lipinski definition) is 4. The van der Waals surface area contributed by atoms with E-state index in [4.69, 9.17) is 16.6 Å². The monoisotopic (exact) mass is 444 g/mol. The van der Waals surface area contributed by atoms with Crippen molar-refractivity contribution in [2.24, 2.45) is 4.99 Å². The highest BCUT2D eigenvalue weighted by Crippen LogP contribution is 2.27. The van der Waals surface area contributed by atoms with Crippen molar-refractivity contribution in [3.05, 3.63) is 95.5 Å². The number of amides is 1. The van der Waals surface area contributed by atoms with Gasteiger partial charge < -0.3 is 9.80 Å². The highest BCUT2D eigenvalue weighted by molar-refractivity contribution is 6.30. The van der Waals surface area contributed by atoms with E-state index in [1.807, 2.05) is 60.7 Å². The number of anilines is 2. The Morgan fingerprint density at radius 3 is 2.00 bits per heavy atom. The highest BCUT2D eigenvalue weighted by Gasteiger charge is 2.39. The fraction of sp³-hybridized carbons (Fsp3) is 0.231. The maximum atomic E-state index is 13.5. The van der Waals surface area contributed by atoms with Crippen LogP contribution >= 0.6 is 11.6 Å². The molecule has 1 amide bonds. The summed E-state index contributed by atoms with van der Waals surface area (Å²) in [5, 5.41) is 0.649. The number of benzene rings is 3. The second-order valence-electron chi connectivity index (χ2n) is 8.09. The van der Waals surface area contributed by atoms with E-state index >= 15 is 0 Å². The molecular weight excluding hydrogens is 420 g/mol. The third-order valence-corrected chi connectivity index (χ3v) is 6.27. The zero-order valence-electron chi connectivity index (χ0n) is 17.8. The third-order valence-electron chi connectivity index (χ3n) is 6.02. The van der Waals surface area contributed by atoms with E-state index in [2.05, 4.69) is 34.1 Å². The molecule has 1 saturated heterocycles. The van der Waals surface area contributed by atoms with Crippen LogP contribution < -0.4 is 9.80 Å². The first-order valence-electron chi connectivity index (χ1n) is 11.0. The van der Waals surface area contributed by atoms with Crippen molar-refractivity contribution < 1.29 is 4.79 Å². The quantitative estimate of drug-likeness (QED) is 0.595. The largest absolute Gasteiger partial charge is 0.368 e. The topological polar surface area (TPSA) is 39.2 Å². The Kier molecular flexibility index (Phi) is 5.82. The van der Waals surface area contributed by atoms with Crippen LogP contribution in [0.15, 0.2) is 89.9 Å². The zero-order valence-corrected chi connectivity index (χ0v) is 18.5. The van der Waals surface area contributed by atoms with Crippen LogP contribution in [0.25, 0.3) is 0 Å². The predicted octanol–water partition coefficient (Wildman–Crippen LogP) is 4.48. The third kappa shape index (κ3) is 4.21. The van der Waals surface area contributed by atoms with Gasteiger partial charge in [0, 0.05) is 43.3 Å². The Morgan fingerprint density at radius 2 is 1.34 bits per heavy atom. The predicted molar refractivity (Wildman–Crippen MR) is 131 cm³/mol. The van der Waals surface area contributed by atoms with Crippen LogP contribution in [0, 0.1) is 0 Å². The summed E-state index contributed by atoms with van der Waals surface area (Å²) in [5.41, 5.74) is 3.15. The summed E-state index contributed by atoms with van der Waals surface area (Å²) in [5.74, 6) is 0.752. The normalized spacial score (nSPS) is 18.8. The molecule has 0 saturated carbocycles. The van der Waals surface area contributed by atoms with Crippen LogP contribution in [0.2, 0.25) is 5.02 Å². The zero-order chi connectivity index (χ0) is 21.9. The Morgan fingerprint density at radius 1 is 0.750 bits per heavy atom. The summed E-state index contributed by atoms with van der Waals surface area (Å²) < 4.78 is 0. The smallest absolute Gasteiger partial charge is 0.259 e. The molecule has 0 aliphatic carbocycles. The van der Waals surface area contributed by atoms with E-state index in [0.717, 1.165) is 43.4 Å². The lowest BCUT2D eigenvalue weighted by Gasteiger charge is -2.38. The van der Waals surface area contributed by atoms with Crippen LogP contribution in [0.3, 0.4) is 0 Å². The van der Waals surface area contributed by atoms with Crippen LogP contribution in [-0.4, -0.2) is 49.0 Å². The van der Waals surface area contributed by atoms with Crippen molar-refractivity contribution in [1.82, 2.24) is 4.90 Å². The van der Waals surface area contributed by atoms with Gasteiger partial charge in [-0.05, 0) is 42.0 Å². The number of rotatable bonds is 4. The van der Waals surface area contributed by atoms with E-state index in [0.29, 0.717) is 11.4 Å². The molecule has 32 heavy (non-hydrogen) atoms. The standard InChI is InChI=1S/C26H25ClN4O/c27-21-11-13-23(14-12-21)31-25(32)24(19-20-7-3-1-4-8-20)28-26(31)30-17-15-29(16-18-30)22-9-5-2-6-10-22/h1-14,24H,15-19H2/t24-/m0/s1. The van der Waals surface area contributed by atoms with E-state index in [9.17, 15) is 4.79 Å². The van der Waals surface area contributed by atoms with Gasteiger partial charge in [-0.25, -0.2) is 9.89 Å². The fourth-order valence-corrected chi connectivity index (χ4v) is 4.46. The minimum absolute atomic E-state index is 0.0108. The minimum Gasteiger partial charge on any atom is -0.368 e. The van der Waals surface area contributed by atoms with Crippen molar-refractivity contribution >= 4 is 34.8 Å². The van der Waals surface area contributed by atoms with Gasteiger partial charge in [-0.1, -0.05) is 60.1 Å². The van der Waals surface area contributed by atoms with Crippen molar-refractivity contribution in [3.63, 3.8) is 0 Å². The van der Waals surface area contributed by atoms with Crippen LogP contribution in [0.5, 0.6) is 0 Å². The van der Waals surface area contributed by atoms with Crippen molar-refractivity contribution in [3.8, 4) is 0 Å². The summed E-state index contributed by atoms with van der Waals surface area (Å²) in [4.78, 5) is 24.8. The molecule has 1 fully saturated rings. The number of piperazine rings is 1. The average Bonchev–Trinajstić information content (AvgIpc) is 3.17. The maximum absolute atomic E-state index is 13.5. The van der Waals surface area contributed by atoms with E-state index in [-0.39, 0.29) is 5.91 Å². The van der Waals surface area contributed by atoms with E-state index in [1.165, 1.54) is 5.69 Å². The van der Waals surface area contributed by atoms with Crippen molar-refractivity contribution in [2.75, 3.05) is 36.0 Å². The van der Waals surface area contributed by atoms with Crippen molar-refractivity contribution in [2.45, 2.75) is 12.5 Å². The molecule has 5 nitrogen and oxygen atoms in total. The molecule has 3 aromatic rings. The number of halogens is 1. The van der Waals surface area contributed by atoms with Crippen LogP contribution in [0.1, 0.15) is 5.56 Å². The molecule has 162 valence electrons. The SMILES string of the molecule is O=C1[C@H](Cc2ccccc2)N=C(N2CCN(c3ccccc3)CC2)N1c1ccc(Cl)cc1. The molecule has 2 aliphatic heterocycles. The van der Waals surface area contributed by atoms with Gasteiger partial charge in [-0.2, -0.15) is 0 Å². The molecule has 1 atom stereocenters. The number of hydrogen-bond donors (Lipinski definition) is 0. The molecule has 0 aromatic heterocycles. The summed E-state index contributed by atoms with van der Waals surface area (Å²) >= 11 is 6.10. The van der Waals surface area contributed by atoms with E-state index < -0.39 is 6.04 Å². The number of carbonyl (C=O) groups excluding carboxylic acids is 1. The second kappa shape index (κ2) is 9.05. The number of nitrogens with zero attached hydrogens (tertiary/aromatic N) is 4. The number of carbonyl (C=O) groups is 1. The summed E-state index contributed by atoms with van der Waals surface area (Å²) in [6.07, 6.45) is 0.594. The Bertz CT molecular complexity index is 1090. The summed E-state index contributed by atoms with van der Waals surface area (Å²) in [6, 6.07) is 27.5. The highest BCUT2D eigenvalue weighted by atomic mass is 35.5. The lowest BCUT2D eigenvalue weighted by atomic mass is 10.1. The molecule has 0 N–H and O–H groups in total. The number of para-hydroxylation sites is 1. The Balaban J connectivity index is 1.39. The first-order valence-corrected chi connectivity index (χ1v) is 11.3. The fourth-order valence-electron chi connectivity index (χ4n) is 4.33. The Labute approximate surface area is 193 Å². The minimum atomic E-state index is -0.421. The van der Waals surface area contributed by atoms with Gasteiger partial charge in [0.1, 0.15) is 6.04 Å². The summed E-state index contributed by atoms with van der Waals surface area (Å²) in [7, 11) is 0. The molecule has 2 aliphatic rings. The molecule has 3 aromatic carbocycles. The first kappa shape index (κ1) is 20.6. The lowest BCUT2D eigenvalue weighted by molar-refractivity contribution is -0.118. The number of guanidine groups is 1. The molecule has 5 rings (SSSR count). The van der Waals surface area contributed by atoms with Gasteiger partial charge in [0.05, 0.1) is 5.69 Å². The number of aliphatic imine (C=N–C) groups is 1. The van der Waals surface area contributed by atoms with Gasteiger partial charge in [0.25, 0.3) is 5.91 Å². The maximum Gasteiger partial charge on any atom is 0.259 e. The average molecular weight is 445 g/mol. The van der Waals surface area contributed by atoms with Crippen molar-refractivity contribution in [1.29, 1.82) is 0 Å². The molecule has 0 bridgehead atoms. The van der Waals surface area contributed by atoms with Gasteiger partial charge >= 0.3 is 0 Å². The molecular formula is C26H25ClN4O. The molecule has 0 unspecified atom stereocenters. The van der Waals surface area contributed by atoms with E-state index in [1.54, 1.807) is 4.90 Å². The molecule has 0 radical (unpaired) electrons. The molecule has 6 heteroatoms. The first-order chi connectivity index (χ1) is 15.7. The lowest BCUT2D eigenvalue weighted by Crippen LogP contribution is -2.53. The molecule has 0 spiro atoms. The van der Waals surface area contributed by atoms with Crippen LogP contribution in [0.4, 0.5) is 11.4 Å². The summed E-state index contributed by atoms with van der Waals surface area (Å²) in [6.45, 7) is 3.39. The second-order valence-corrected chi connectivity index (χ2v) is 8.53. The van der Waals surface area contributed by atoms with Gasteiger partial charge in [0.2, 0.25) is 5.96 Å². The van der Waals surface area contributed by atoms with Gasteiger partial charge in [-0.3, -0.25) is 4.79 Å². The van der Waals surface area contributed by atoms with Crippen LogP contribution in [-0.2, 0) is 11.2 Å². The Hall–Kier alpha value is -3.31.